The summed E-state index contributed by atoms with van der Waals surface area (Å²) in [6.07, 6.45) is 33.8. The zero-order chi connectivity index (χ0) is 71.3. The lowest BCUT2D eigenvalue weighted by Gasteiger charge is -2.57. The van der Waals surface area contributed by atoms with Crippen molar-refractivity contribution in [2.45, 2.75) is 203 Å². The average molecular weight is 1490 g/mol. The summed E-state index contributed by atoms with van der Waals surface area (Å²) in [5, 5.41) is 17.1. The standard InChI is InChI=1S/C100H102N4S4/c1-59-87(25-29-105-59)101(79-13-5-75(6-14-79)97-47-63-33-64(48-97)35-65(34-63)49-97)91-45-92(102(88-26-30-106-60(88)2)80-15-7-76(8-16-80)98-50-66-36-67(51-98)38-68(37-66)52-98)84-23-24-86-94(104(90-28-32-108-62(90)4)82-19-11-78(12-20-82)100-56-72-42-73(57-100)44-74(43-72)58-100)46-93(85-22-21-83(91)95(84)96(85)86)103(89-27-31-107-61(89)3)81-17-9-77(10-18-81)99-53-69-39-70(54-99)41-71(40-69)55-99/h5-32,45-46,63-74H,33-44,47-58H2,1-4H3. The molecule has 0 saturated heterocycles. The Hall–Kier alpha value is -7.20. The lowest BCUT2D eigenvalue weighted by molar-refractivity contribution is -0.00530. The van der Waals surface area contributed by atoms with Crippen molar-refractivity contribution >= 4 is 146 Å². The van der Waals surface area contributed by atoms with Crippen molar-refractivity contribution in [2.75, 3.05) is 19.6 Å². The van der Waals surface area contributed by atoms with Crippen molar-refractivity contribution < 1.29 is 0 Å². The fraction of sp³-hybridized carbons (Fsp3) is 0.440. The molecule has 0 amide bonds. The maximum absolute atomic E-state index is 2.71. The Morgan fingerprint density at radius 3 is 0.556 bits per heavy atom. The molecule has 8 heteroatoms. The molecule has 0 N–H and O–H groups in total. The first-order valence-corrected chi connectivity index (χ1v) is 45.9. The minimum Gasteiger partial charge on any atom is -0.309 e. The Bertz CT molecular complexity index is 4710. The second kappa shape index (κ2) is 24.2. The maximum atomic E-state index is 2.71. The van der Waals surface area contributed by atoms with Crippen LogP contribution in [0.25, 0.3) is 32.3 Å². The molecule has 546 valence electrons. The van der Waals surface area contributed by atoms with Gasteiger partial charge in [0.05, 0.1) is 45.5 Å². The highest BCUT2D eigenvalue weighted by atomic mass is 32.1. The van der Waals surface area contributed by atoms with Gasteiger partial charge >= 0.3 is 0 Å². The molecule has 4 heterocycles. The van der Waals surface area contributed by atoms with Crippen LogP contribution in [-0.2, 0) is 21.7 Å². The second-order valence-corrected chi connectivity index (χ2v) is 43.2. The van der Waals surface area contributed by atoms with Crippen LogP contribution in [0.2, 0.25) is 0 Å². The molecular weight excluding hydrogens is 1390 g/mol. The molecule has 16 bridgehead atoms. The molecule has 16 aliphatic carbocycles. The van der Waals surface area contributed by atoms with Gasteiger partial charge in [-0.05, 0) is 403 Å². The lowest BCUT2D eigenvalue weighted by atomic mass is 9.48. The van der Waals surface area contributed by atoms with E-state index in [4.69, 9.17) is 0 Å². The molecule has 16 aliphatic rings. The van der Waals surface area contributed by atoms with E-state index < -0.39 is 0 Å². The summed E-state index contributed by atoms with van der Waals surface area (Å²) in [7, 11) is 0. The molecule has 0 aliphatic heterocycles. The van der Waals surface area contributed by atoms with Gasteiger partial charge in [0.25, 0.3) is 0 Å². The van der Waals surface area contributed by atoms with E-state index in [1.165, 1.54) is 274 Å². The van der Waals surface area contributed by atoms with Crippen LogP contribution in [0.1, 0.15) is 196 Å². The Balaban J connectivity index is 0.767. The topological polar surface area (TPSA) is 13.0 Å². The first kappa shape index (κ1) is 65.5. The highest BCUT2D eigenvalue weighted by Gasteiger charge is 2.56. The van der Waals surface area contributed by atoms with Crippen molar-refractivity contribution in [3.05, 3.63) is 221 Å². The highest BCUT2D eigenvalue weighted by molar-refractivity contribution is 7.11. The van der Waals surface area contributed by atoms with E-state index >= 15 is 0 Å². The van der Waals surface area contributed by atoms with Crippen molar-refractivity contribution in [1.29, 1.82) is 0 Å². The Labute approximate surface area is 656 Å². The molecule has 4 nitrogen and oxygen atoms in total. The smallest absolute Gasteiger partial charge is 0.0598 e. The number of benzene rings is 8. The number of aryl methyl sites for hydroxylation is 4. The molecule has 0 spiro atoms. The predicted molar refractivity (Wildman–Crippen MR) is 459 cm³/mol. The maximum Gasteiger partial charge on any atom is 0.0598 e. The Kier molecular flexibility index (Phi) is 14.7. The van der Waals surface area contributed by atoms with E-state index in [2.05, 4.69) is 227 Å². The summed E-state index contributed by atoms with van der Waals surface area (Å²) in [6, 6.07) is 66.5. The number of thiophene rings is 4. The van der Waals surface area contributed by atoms with Gasteiger partial charge in [-0.1, -0.05) is 72.8 Å². The number of hydrogen-bond donors (Lipinski definition) is 0. The van der Waals surface area contributed by atoms with E-state index in [0.717, 1.165) is 71.0 Å². The van der Waals surface area contributed by atoms with Crippen molar-refractivity contribution in [2.24, 2.45) is 71.0 Å². The Morgan fingerprint density at radius 1 is 0.222 bits per heavy atom. The van der Waals surface area contributed by atoms with Gasteiger partial charge in [-0.25, -0.2) is 0 Å². The monoisotopic (exact) mass is 1490 g/mol. The fourth-order valence-electron chi connectivity index (χ4n) is 29.4. The van der Waals surface area contributed by atoms with Crippen molar-refractivity contribution in [1.82, 2.24) is 0 Å². The summed E-state index contributed by atoms with van der Waals surface area (Å²) in [6.45, 7) is 9.47. The summed E-state index contributed by atoms with van der Waals surface area (Å²) < 4.78 is 0. The minimum atomic E-state index is 0.300. The largest absolute Gasteiger partial charge is 0.309 e. The van der Waals surface area contributed by atoms with Gasteiger partial charge in [0.15, 0.2) is 0 Å². The molecule has 0 radical (unpaired) electrons. The number of rotatable bonds is 16. The third-order valence-corrected chi connectivity index (χ3v) is 35.5. The molecule has 0 atom stereocenters. The molecule has 16 fully saturated rings. The summed E-state index contributed by atoms with van der Waals surface area (Å²) in [5.41, 5.74) is 22.4. The molecule has 12 aromatic rings. The van der Waals surface area contributed by atoms with Crippen LogP contribution < -0.4 is 19.6 Å². The van der Waals surface area contributed by atoms with E-state index in [1.807, 2.05) is 45.3 Å². The van der Waals surface area contributed by atoms with Crippen LogP contribution in [0.3, 0.4) is 0 Å². The minimum absolute atomic E-state index is 0.300. The lowest BCUT2D eigenvalue weighted by Crippen LogP contribution is -2.48. The molecule has 0 unspecified atom stereocenters. The first-order valence-electron chi connectivity index (χ1n) is 42.4. The third-order valence-electron chi connectivity index (χ3n) is 32.2. The van der Waals surface area contributed by atoms with E-state index in [9.17, 15) is 0 Å². The molecule has 8 aromatic carbocycles. The van der Waals surface area contributed by atoms with Crippen LogP contribution in [0.15, 0.2) is 179 Å². The average Bonchev–Trinajstić information content (AvgIpc) is 1.19. The quantitative estimate of drug-likeness (QED) is 0.0894. The van der Waals surface area contributed by atoms with Gasteiger partial charge in [0.1, 0.15) is 0 Å². The molecule has 28 rings (SSSR count). The SMILES string of the molecule is Cc1sccc1N(c1ccc(C23CC4CC(CC(C4)C2)C3)cc1)c1cc(N(c2ccc(C34CC5CC(CC(C5)C3)C4)cc2)c2ccsc2C)c2ccc3c(N(c4ccc(C56CC7CC(CC(C7)C5)C6)cc4)c4ccsc4C)cc(N(c4ccc(C56CC7CC(CC(C7)C5)C6)cc4)c4ccsc4C)c4ccc1c2c43. The molecule has 4 aromatic heterocycles. The second-order valence-electron chi connectivity index (χ2n) is 38.7. The van der Waals surface area contributed by atoms with Crippen LogP contribution >= 0.6 is 45.3 Å². The fourth-order valence-corrected chi connectivity index (χ4v) is 32.2. The summed E-state index contributed by atoms with van der Waals surface area (Å²) in [4.78, 5) is 16.1. The van der Waals surface area contributed by atoms with Gasteiger partial charge in [-0.3, -0.25) is 0 Å². The number of hydrogen-bond acceptors (Lipinski definition) is 8. The van der Waals surface area contributed by atoms with Crippen LogP contribution in [-0.4, -0.2) is 0 Å². The van der Waals surface area contributed by atoms with Crippen LogP contribution in [0.4, 0.5) is 68.2 Å². The van der Waals surface area contributed by atoms with Crippen molar-refractivity contribution in [3.63, 3.8) is 0 Å². The van der Waals surface area contributed by atoms with Gasteiger partial charge in [0, 0.05) is 74.6 Å². The number of anilines is 12. The zero-order valence-electron chi connectivity index (χ0n) is 63.6. The van der Waals surface area contributed by atoms with Gasteiger partial charge < -0.3 is 19.6 Å². The molecule has 16 saturated carbocycles. The normalized spacial score (nSPS) is 32.1. The molecular formula is C100H102N4S4. The molecule has 108 heavy (non-hydrogen) atoms. The predicted octanol–water partition coefficient (Wildman–Crippen LogP) is 29.8. The van der Waals surface area contributed by atoms with E-state index in [-0.39, 0.29) is 0 Å². The van der Waals surface area contributed by atoms with E-state index in [1.54, 1.807) is 22.3 Å². The van der Waals surface area contributed by atoms with Crippen molar-refractivity contribution in [3.8, 4) is 0 Å². The zero-order valence-corrected chi connectivity index (χ0v) is 66.9. The highest BCUT2D eigenvalue weighted by Crippen LogP contribution is 2.67. The third kappa shape index (κ3) is 10.0. The van der Waals surface area contributed by atoms with Gasteiger partial charge in [-0.15, -0.1) is 45.3 Å². The van der Waals surface area contributed by atoms with Crippen LogP contribution in [0, 0.1) is 98.7 Å². The van der Waals surface area contributed by atoms with Gasteiger partial charge in [0.2, 0.25) is 0 Å². The summed E-state index contributed by atoms with van der Waals surface area (Å²) in [5.74, 6) is 10.6. The Morgan fingerprint density at radius 2 is 0.398 bits per heavy atom. The van der Waals surface area contributed by atoms with Gasteiger partial charge in [-0.2, -0.15) is 0 Å². The number of nitrogens with zero attached hydrogens (tertiary/aromatic N) is 4. The first-order chi connectivity index (χ1) is 52.8. The van der Waals surface area contributed by atoms with E-state index in [0.29, 0.717) is 21.7 Å². The summed E-state index contributed by atoms with van der Waals surface area (Å²) >= 11 is 7.52. The van der Waals surface area contributed by atoms with Crippen LogP contribution in [0.5, 0.6) is 0 Å².